The molecule has 0 aromatic heterocycles. The third-order valence-corrected chi connectivity index (χ3v) is 3.51. The van der Waals surface area contributed by atoms with Gasteiger partial charge in [-0.25, -0.2) is 4.79 Å². The highest BCUT2D eigenvalue weighted by atomic mass is 16.7. The lowest BCUT2D eigenvalue weighted by Crippen LogP contribution is -2.21. The molecule has 3 heteroatoms. The van der Waals surface area contributed by atoms with Crippen molar-refractivity contribution in [1.29, 1.82) is 0 Å². The molecule has 0 spiro atoms. The van der Waals surface area contributed by atoms with Crippen molar-refractivity contribution >= 4 is 6.16 Å². The summed E-state index contributed by atoms with van der Waals surface area (Å²) in [5, 5.41) is 8.84. The maximum Gasteiger partial charge on any atom is 0.511 e. The summed E-state index contributed by atoms with van der Waals surface area (Å²) in [7, 11) is 0. The molecule has 3 nitrogen and oxygen atoms in total. The average molecular weight is 264 g/mol. The fourth-order valence-corrected chi connectivity index (χ4v) is 2.63. The highest BCUT2D eigenvalue weighted by Gasteiger charge is 2.26. The van der Waals surface area contributed by atoms with E-state index in [1.54, 1.807) is 6.07 Å². The molecule has 1 N–H and O–H groups in total. The van der Waals surface area contributed by atoms with E-state index in [-0.39, 0.29) is 5.41 Å². The molecule has 0 saturated carbocycles. The Kier molecular flexibility index (Phi) is 5.40. The van der Waals surface area contributed by atoms with E-state index < -0.39 is 6.16 Å². The van der Waals surface area contributed by atoms with Gasteiger partial charge in [-0.05, 0) is 30.4 Å². The molecule has 0 saturated heterocycles. The summed E-state index contributed by atoms with van der Waals surface area (Å²) < 4.78 is 4.94. The monoisotopic (exact) mass is 264 g/mol. The minimum Gasteiger partial charge on any atom is -0.449 e. The van der Waals surface area contributed by atoms with Crippen LogP contribution in [0, 0.1) is 6.92 Å². The number of hydrogen-bond acceptors (Lipinski definition) is 2. The normalized spacial score (nSPS) is 11.4. The predicted molar refractivity (Wildman–Crippen MR) is 77.0 cm³/mol. The molecule has 0 atom stereocenters. The molecule has 0 fully saturated rings. The topological polar surface area (TPSA) is 46.5 Å². The Labute approximate surface area is 115 Å². The molecule has 0 aliphatic carbocycles. The maximum absolute atomic E-state index is 10.8. The van der Waals surface area contributed by atoms with E-state index in [4.69, 9.17) is 9.84 Å². The van der Waals surface area contributed by atoms with E-state index in [1.165, 1.54) is 12.8 Å². The van der Waals surface area contributed by atoms with E-state index in [0.717, 1.165) is 24.0 Å². The van der Waals surface area contributed by atoms with Crippen LogP contribution < -0.4 is 4.74 Å². The summed E-state index contributed by atoms with van der Waals surface area (Å²) in [6.07, 6.45) is 3.30. The Balaban J connectivity index is 3.05. The lowest BCUT2D eigenvalue weighted by molar-refractivity contribution is 0.143. The number of carbonyl (C=O) groups is 1. The van der Waals surface area contributed by atoms with Gasteiger partial charge in [0.15, 0.2) is 0 Å². The SMILES string of the molecule is CCCCCC(C)(C)c1c(C)cccc1OC(=O)O. The van der Waals surface area contributed by atoms with Gasteiger partial charge in [0.1, 0.15) is 5.75 Å². The zero-order chi connectivity index (χ0) is 14.5. The number of carboxylic acid groups (broad SMARTS) is 1. The average Bonchev–Trinajstić information content (AvgIpc) is 2.27. The van der Waals surface area contributed by atoms with Crippen molar-refractivity contribution in [2.45, 2.75) is 58.8 Å². The molecule has 0 aliphatic rings. The van der Waals surface area contributed by atoms with Gasteiger partial charge in [-0.1, -0.05) is 52.2 Å². The Morgan fingerprint density at radius 1 is 1.32 bits per heavy atom. The molecule has 1 aromatic rings. The van der Waals surface area contributed by atoms with Crippen LogP contribution in [0.1, 0.15) is 57.6 Å². The van der Waals surface area contributed by atoms with Crippen molar-refractivity contribution in [2.75, 3.05) is 0 Å². The first kappa shape index (κ1) is 15.5. The van der Waals surface area contributed by atoms with Crippen LogP contribution in [0.5, 0.6) is 5.75 Å². The lowest BCUT2D eigenvalue weighted by Gasteiger charge is -2.28. The van der Waals surface area contributed by atoms with Gasteiger partial charge in [-0.15, -0.1) is 0 Å². The maximum atomic E-state index is 10.8. The smallest absolute Gasteiger partial charge is 0.449 e. The second kappa shape index (κ2) is 6.60. The number of ether oxygens (including phenoxy) is 1. The third-order valence-electron chi connectivity index (χ3n) is 3.51. The van der Waals surface area contributed by atoms with Gasteiger partial charge in [-0.3, -0.25) is 0 Å². The molecular formula is C16H24O3. The fraction of sp³-hybridized carbons (Fsp3) is 0.562. The lowest BCUT2D eigenvalue weighted by atomic mass is 9.77. The van der Waals surface area contributed by atoms with Crippen LogP contribution in [-0.2, 0) is 5.41 Å². The summed E-state index contributed by atoms with van der Waals surface area (Å²) in [5.41, 5.74) is 2.01. The fourth-order valence-electron chi connectivity index (χ4n) is 2.63. The highest BCUT2D eigenvalue weighted by molar-refractivity contribution is 5.63. The van der Waals surface area contributed by atoms with E-state index in [9.17, 15) is 4.79 Å². The van der Waals surface area contributed by atoms with Crippen LogP contribution in [0.4, 0.5) is 4.79 Å². The Bertz CT molecular complexity index is 436. The first-order valence-corrected chi connectivity index (χ1v) is 6.89. The first-order chi connectivity index (χ1) is 8.88. The standard InChI is InChI=1S/C16H24O3/c1-5-6-7-11-16(3,4)14-12(2)9-8-10-13(14)19-15(17)18/h8-10H,5-7,11H2,1-4H3,(H,17,18). The molecule has 19 heavy (non-hydrogen) atoms. The zero-order valence-corrected chi connectivity index (χ0v) is 12.3. The summed E-state index contributed by atoms with van der Waals surface area (Å²) in [6, 6.07) is 5.57. The Hall–Kier alpha value is -1.51. The quantitative estimate of drug-likeness (QED) is 0.451. The van der Waals surface area contributed by atoms with Crippen LogP contribution in [0.2, 0.25) is 0 Å². The van der Waals surface area contributed by atoms with Crippen LogP contribution in [0.15, 0.2) is 18.2 Å². The summed E-state index contributed by atoms with van der Waals surface area (Å²) >= 11 is 0. The minimum absolute atomic E-state index is 0.0781. The van der Waals surface area contributed by atoms with Crippen LogP contribution in [-0.4, -0.2) is 11.3 Å². The van der Waals surface area contributed by atoms with E-state index in [2.05, 4.69) is 20.8 Å². The summed E-state index contributed by atoms with van der Waals surface area (Å²) in [6.45, 7) is 8.49. The second-order valence-electron chi connectivity index (χ2n) is 5.66. The van der Waals surface area contributed by atoms with Gasteiger partial charge in [0.2, 0.25) is 0 Å². The Morgan fingerprint density at radius 3 is 2.58 bits per heavy atom. The van der Waals surface area contributed by atoms with E-state index in [1.807, 2.05) is 19.1 Å². The molecule has 0 aliphatic heterocycles. The zero-order valence-electron chi connectivity index (χ0n) is 12.3. The van der Waals surface area contributed by atoms with Crippen molar-refractivity contribution < 1.29 is 14.6 Å². The van der Waals surface area contributed by atoms with Gasteiger partial charge in [0.25, 0.3) is 0 Å². The molecule has 1 rings (SSSR count). The van der Waals surface area contributed by atoms with Crippen molar-refractivity contribution in [2.24, 2.45) is 0 Å². The van der Waals surface area contributed by atoms with E-state index >= 15 is 0 Å². The van der Waals surface area contributed by atoms with Crippen LogP contribution in [0.25, 0.3) is 0 Å². The predicted octanol–water partition coefficient (Wildman–Crippen LogP) is 4.91. The van der Waals surface area contributed by atoms with Crippen LogP contribution in [0.3, 0.4) is 0 Å². The number of benzene rings is 1. The van der Waals surface area contributed by atoms with Crippen molar-refractivity contribution in [3.05, 3.63) is 29.3 Å². The third kappa shape index (κ3) is 4.27. The molecule has 0 bridgehead atoms. The van der Waals surface area contributed by atoms with Crippen LogP contribution >= 0.6 is 0 Å². The Morgan fingerprint density at radius 2 is 2.00 bits per heavy atom. The summed E-state index contributed by atoms with van der Waals surface area (Å²) in [5.74, 6) is 0.467. The van der Waals surface area contributed by atoms with Gasteiger partial charge in [-0.2, -0.15) is 0 Å². The largest absolute Gasteiger partial charge is 0.511 e. The molecule has 106 valence electrons. The van der Waals surface area contributed by atoms with Gasteiger partial charge < -0.3 is 9.84 Å². The number of rotatable bonds is 6. The summed E-state index contributed by atoms with van der Waals surface area (Å²) in [4.78, 5) is 10.8. The second-order valence-corrected chi connectivity index (χ2v) is 5.66. The molecule has 0 amide bonds. The van der Waals surface area contributed by atoms with Gasteiger partial charge in [0.05, 0.1) is 0 Å². The van der Waals surface area contributed by atoms with Crippen molar-refractivity contribution in [3.63, 3.8) is 0 Å². The minimum atomic E-state index is -1.25. The van der Waals surface area contributed by atoms with E-state index in [0.29, 0.717) is 5.75 Å². The highest BCUT2D eigenvalue weighted by Crippen LogP contribution is 2.38. The van der Waals surface area contributed by atoms with Gasteiger partial charge >= 0.3 is 6.16 Å². The molecule has 0 unspecified atom stereocenters. The molecule has 0 radical (unpaired) electrons. The molecule has 1 aromatic carbocycles. The first-order valence-electron chi connectivity index (χ1n) is 6.89. The molecule has 0 heterocycles. The number of hydrogen-bond donors (Lipinski definition) is 1. The molecular weight excluding hydrogens is 240 g/mol. The van der Waals surface area contributed by atoms with Crippen molar-refractivity contribution in [1.82, 2.24) is 0 Å². The van der Waals surface area contributed by atoms with Gasteiger partial charge in [0, 0.05) is 5.56 Å². The number of unbranched alkanes of at least 4 members (excludes halogenated alkanes) is 2. The number of aryl methyl sites for hydroxylation is 1. The van der Waals surface area contributed by atoms with Crippen molar-refractivity contribution in [3.8, 4) is 5.75 Å².